The minimum atomic E-state index is 0.245. The molecule has 0 amide bonds. The van der Waals surface area contributed by atoms with Crippen molar-refractivity contribution in [1.82, 2.24) is 4.98 Å². The van der Waals surface area contributed by atoms with E-state index in [0.29, 0.717) is 0 Å². The van der Waals surface area contributed by atoms with E-state index in [2.05, 4.69) is 37.1 Å². The van der Waals surface area contributed by atoms with Crippen molar-refractivity contribution in [1.29, 1.82) is 0 Å². The predicted octanol–water partition coefficient (Wildman–Crippen LogP) is 4.49. The fourth-order valence-electron chi connectivity index (χ4n) is 1.74. The second-order valence-electron chi connectivity index (χ2n) is 4.63. The Hall–Kier alpha value is -1.55. The number of hydrogen-bond donors (Lipinski definition) is 1. The van der Waals surface area contributed by atoms with Crippen LogP contribution in [0.4, 0.5) is 5.69 Å². The first kappa shape index (κ1) is 13.9. The van der Waals surface area contributed by atoms with E-state index in [-0.39, 0.29) is 12.1 Å². The monoisotopic (exact) mass is 276 g/mol. The molecule has 4 heteroatoms. The summed E-state index contributed by atoms with van der Waals surface area (Å²) in [5.74, 6) is 0.913. The number of benzene rings is 1. The molecule has 1 N–H and O–H groups in total. The Kier molecular flexibility index (Phi) is 4.80. The highest BCUT2D eigenvalue weighted by Crippen LogP contribution is 2.25. The van der Waals surface area contributed by atoms with Crippen LogP contribution in [0, 0.1) is 0 Å². The van der Waals surface area contributed by atoms with Crippen molar-refractivity contribution in [3.05, 3.63) is 40.8 Å². The first-order chi connectivity index (χ1) is 9.19. The highest BCUT2D eigenvalue weighted by Gasteiger charge is 2.08. The Balaban J connectivity index is 2.02. The first-order valence-corrected chi connectivity index (χ1v) is 7.48. The average molecular weight is 276 g/mol. The van der Waals surface area contributed by atoms with Crippen LogP contribution in [0.1, 0.15) is 38.1 Å². The molecule has 1 aromatic carbocycles. The molecule has 3 nitrogen and oxygen atoms in total. The fraction of sp³-hybridized carbons (Fsp3) is 0.400. The van der Waals surface area contributed by atoms with E-state index < -0.39 is 0 Å². The topological polar surface area (TPSA) is 34.1 Å². The smallest absolute Gasteiger partial charge is 0.121 e. The van der Waals surface area contributed by atoms with Crippen molar-refractivity contribution >= 4 is 17.0 Å². The summed E-state index contributed by atoms with van der Waals surface area (Å²) < 4.78 is 5.83. The van der Waals surface area contributed by atoms with Crippen LogP contribution < -0.4 is 10.1 Å². The van der Waals surface area contributed by atoms with Gasteiger partial charge in [-0.2, -0.15) is 0 Å². The van der Waals surface area contributed by atoms with E-state index in [0.717, 1.165) is 17.9 Å². The van der Waals surface area contributed by atoms with Gasteiger partial charge in [-0.15, -0.1) is 11.3 Å². The molecule has 0 aliphatic heterocycles. The maximum atomic E-state index is 5.83. The molecule has 1 aromatic heterocycles. The second-order valence-corrected chi connectivity index (χ2v) is 5.55. The SMILES string of the molecule is CCC(C)Oc1cccc(NC(C)c2cncs2)c1. The van der Waals surface area contributed by atoms with Gasteiger partial charge in [0.2, 0.25) is 0 Å². The minimum Gasteiger partial charge on any atom is -0.491 e. The zero-order valence-electron chi connectivity index (χ0n) is 11.6. The standard InChI is InChI=1S/C15H20N2OS/c1-4-11(2)18-14-7-5-6-13(8-14)17-12(3)15-9-16-10-19-15/h5-12,17H,4H2,1-3H3. The van der Waals surface area contributed by atoms with Gasteiger partial charge in [0, 0.05) is 22.8 Å². The number of thiazole rings is 1. The third-order valence-electron chi connectivity index (χ3n) is 3.01. The Bertz CT molecular complexity index is 499. The van der Waals surface area contributed by atoms with Crippen LogP contribution in [-0.2, 0) is 0 Å². The molecule has 0 radical (unpaired) electrons. The van der Waals surface area contributed by atoms with E-state index in [4.69, 9.17) is 4.74 Å². The number of rotatable bonds is 6. The summed E-state index contributed by atoms with van der Waals surface area (Å²) >= 11 is 1.66. The Morgan fingerprint density at radius 3 is 2.89 bits per heavy atom. The van der Waals surface area contributed by atoms with Gasteiger partial charge in [0.05, 0.1) is 17.7 Å². The summed E-state index contributed by atoms with van der Waals surface area (Å²) in [6, 6.07) is 8.37. The van der Waals surface area contributed by atoms with Crippen LogP contribution in [0.3, 0.4) is 0 Å². The molecule has 2 unspecified atom stereocenters. The molecule has 1 heterocycles. The third kappa shape index (κ3) is 3.96. The van der Waals surface area contributed by atoms with Gasteiger partial charge in [0.25, 0.3) is 0 Å². The van der Waals surface area contributed by atoms with Crippen LogP contribution in [-0.4, -0.2) is 11.1 Å². The van der Waals surface area contributed by atoms with Crippen LogP contribution >= 0.6 is 11.3 Å². The molecule has 2 aromatic rings. The Labute approximate surface area is 118 Å². The van der Waals surface area contributed by atoms with E-state index in [9.17, 15) is 0 Å². The van der Waals surface area contributed by atoms with Crippen LogP contribution in [0.5, 0.6) is 5.75 Å². The lowest BCUT2D eigenvalue weighted by molar-refractivity contribution is 0.217. The molecule has 19 heavy (non-hydrogen) atoms. The van der Waals surface area contributed by atoms with Crippen molar-refractivity contribution in [2.24, 2.45) is 0 Å². The largest absolute Gasteiger partial charge is 0.491 e. The number of ether oxygens (including phenoxy) is 1. The minimum absolute atomic E-state index is 0.245. The molecule has 2 rings (SSSR count). The zero-order chi connectivity index (χ0) is 13.7. The molecule has 0 saturated heterocycles. The maximum Gasteiger partial charge on any atom is 0.121 e. The molecule has 0 spiro atoms. The summed E-state index contributed by atoms with van der Waals surface area (Å²) in [4.78, 5) is 5.34. The van der Waals surface area contributed by atoms with Crippen molar-refractivity contribution in [2.45, 2.75) is 39.3 Å². The van der Waals surface area contributed by atoms with Crippen molar-refractivity contribution < 1.29 is 4.74 Å². The maximum absolute atomic E-state index is 5.83. The van der Waals surface area contributed by atoms with Crippen LogP contribution in [0.2, 0.25) is 0 Å². The van der Waals surface area contributed by atoms with Crippen molar-refractivity contribution in [3.63, 3.8) is 0 Å². The van der Waals surface area contributed by atoms with Crippen molar-refractivity contribution in [2.75, 3.05) is 5.32 Å². The normalized spacial score (nSPS) is 13.8. The molecule has 0 aliphatic carbocycles. The Morgan fingerprint density at radius 1 is 1.37 bits per heavy atom. The number of hydrogen-bond acceptors (Lipinski definition) is 4. The lowest BCUT2D eigenvalue weighted by atomic mass is 10.2. The van der Waals surface area contributed by atoms with Gasteiger partial charge < -0.3 is 10.1 Å². The van der Waals surface area contributed by atoms with Crippen molar-refractivity contribution in [3.8, 4) is 5.75 Å². The van der Waals surface area contributed by atoms with Gasteiger partial charge >= 0.3 is 0 Å². The highest BCUT2D eigenvalue weighted by molar-refractivity contribution is 7.09. The molecule has 0 aliphatic rings. The number of aromatic nitrogens is 1. The lowest BCUT2D eigenvalue weighted by Crippen LogP contribution is -2.10. The molecular weight excluding hydrogens is 256 g/mol. The van der Waals surface area contributed by atoms with E-state index in [1.165, 1.54) is 4.88 Å². The second kappa shape index (κ2) is 6.57. The van der Waals surface area contributed by atoms with E-state index >= 15 is 0 Å². The van der Waals surface area contributed by atoms with Gasteiger partial charge in [-0.25, -0.2) is 0 Å². The van der Waals surface area contributed by atoms with Gasteiger partial charge in [-0.05, 0) is 32.4 Å². The van der Waals surface area contributed by atoms with Gasteiger partial charge in [0.1, 0.15) is 5.75 Å². The fourth-order valence-corrected chi connectivity index (χ4v) is 2.36. The molecule has 0 saturated carbocycles. The Morgan fingerprint density at radius 2 is 2.21 bits per heavy atom. The predicted molar refractivity (Wildman–Crippen MR) is 81.0 cm³/mol. The quantitative estimate of drug-likeness (QED) is 0.844. The molecular formula is C15H20N2OS. The van der Waals surface area contributed by atoms with Gasteiger partial charge in [-0.3, -0.25) is 4.98 Å². The summed E-state index contributed by atoms with van der Waals surface area (Å²) in [7, 11) is 0. The van der Waals surface area contributed by atoms with E-state index in [1.54, 1.807) is 11.3 Å². The molecule has 0 bridgehead atoms. The summed E-state index contributed by atoms with van der Waals surface area (Å²) in [5, 5.41) is 3.47. The van der Waals surface area contributed by atoms with Crippen LogP contribution in [0.15, 0.2) is 36.0 Å². The molecule has 0 fully saturated rings. The summed E-state index contributed by atoms with van der Waals surface area (Å²) in [6.07, 6.45) is 3.16. The number of nitrogens with one attached hydrogen (secondary N) is 1. The third-order valence-corrected chi connectivity index (χ3v) is 3.97. The van der Waals surface area contributed by atoms with Gasteiger partial charge in [-0.1, -0.05) is 13.0 Å². The lowest BCUT2D eigenvalue weighted by Gasteiger charge is -2.16. The summed E-state index contributed by atoms with van der Waals surface area (Å²) in [5.41, 5.74) is 2.93. The van der Waals surface area contributed by atoms with E-state index in [1.807, 2.05) is 29.9 Å². The molecule has 102 valence electrons. The number of anilines is 1. The number of nitrogens with zero attached hydrogens (tertiary/aromatic N) is 1. The van der Waals surface area contributed by atoms with Crippen LogP contribution in [0.25, 0.3) is 0 Å². The summed E-state index contributed by atoms with van der Waals surface area (Å²) in [6.45, 7) is 6.34. The molecule has 2 atom stereocenters. The average Bonchev–Trinajstić information content (AvgIpc) is 2.93. The highest BCUT2D eigenvalue weighted by atomic mass is 32.1. The first-order valence-electron chi connectivity index (χ1n) is 6.60. The van der Waals surface area contributed by atoms with Gasteiger partial charge in [0.15, 0.2) is 0 Å². The zero-order valence-corrected chi connectivity index (χ0v) is 12.4.